The number of esters is 2. The largest absolute Gasteiger partial charge is 0.493 e. The lowest BCUT2D eigenvalue weighted by molar-refractivity contribution is -0.137. The van der Waals surface area contributed by atoms with Gasteiger partial charge in [-0.15, -0.1) is 0 Å². The predicted octanol–water partition coefficient (Wildman–Crippen LogP) is 7.40. The normalized spacial score (nSPS) is 10.7. The summed E-state index contributed by atoms with van der Waals surface area (Å²) in [4.78, 5) is 24.4. The molecule has 1 aromatic rings. The molecule has 0 amide bonds. The fourth-order valence-electron chi connectivity index (χ4n) is 3.20. The molecule has 5 heteroatoms. The van der Waals surface area contributed by atoms with Gasteiger partial charge in [-0.2, -0.15) is 0 Å². The fraction of sp³-hybridized carbons (Fsp3) is 0.692. The zero-order chi connectivity index (χ0) is 22.7. The number of carbonyl (C=O) groups excluding carboxylic acids is 2. The van der Waals surface area contributed by atoms with Crippen LogP contribution < -0.4 is 14.2 Å². The molecule has 0 fully saturated rings. The van der Waals surface area contributed by atoms with E-state index in [0.29, 0.717) is 25.2 Å². The summed E-state index contributed by atoms with van der Waals surface area (Å²) in [5.74, 6) is 0.529. The van der Waals surface area contributed by atoms with Crippen LogP contribution >= 0.6 is 0 Å². The number of rotatable bonds is 18. The first-order valence-electron chi connectivity index (χ1n) is 12.3. The average Bonchev–Trinajstić information content (AvgIpc) is 2.75. The third kappa shape index (κ3) is 13.1. The minimum absolute atomic E-state index is 0.255. The minimum Gasteiger partial charge on any atom is -0.493 e. The molecule has 176 valence electrons. The van der Waals surface area contributed by atoms with Crippen molar-refractivity contribution in [2.24, 2.45) is 0 Å². The molecule has 0 bridgehead atoms. The number of unbranched alkanes of at least 4 members (excludes halogenated alkanes) is 9. The molecule has 0 aliphatic carbocycles. The Kier molecular flexibility index (Phi) is 15.3. The van der Waals surface area contributed by atoms with Crippen molar-refractivity contribution in [1.29, 1.82) is 0 Å². The Morgan fingerprint density at radius 2 is 1.16 bits per heavy atom. The zero-order valence-corrected chi connectivity index (χ0v) is 19.9. The molecule has 0 saturated heterocycles. The molecule has 0 heterocycles. The predicted molar refractivity (Wildman–Crippen MR) is 125 cm³/mol. The SMILES string of the molecule is CCCCCCCCOc1ccc(OC(=O)CCCCC)c(OC(=O)CCCCC)c1. The molecule has 0 aliphatic heterocycles. The van der Waals surface area contributed by atoms with Crippen LogP contribution in [0.1, 0.15) is 111 Å². The maximum absolute atomic E-state index is 12.2. The monoisotopic (exact) mass is 434 g/mol. The van der Waals surface area contributed by atoms with Crippen LogP contribution in [-0.2, 0) is 9.59 Å². The van der Waals surface area contributed by atoms with Crippen molar-refractivity contribution in [2.75, 3.05) is 6.61 Å². The molecule has 31 heavy (non-hydrogen) atoms. The average molecular weight is 435 g/mol. The fourth-order valence-corrected chi connectivity index (χ4v) is 3.20. The lowest BCUT2D eigenvalue weighted by Gasteiger charge is -2.13. The van der Waals surface area contributed by atoms with Gasteiger partial charge in [-0.25, -0.2) is 0 Å². The molecule has 5 nitrogen and oxygen atoms in total. The van der Waals surface area contributed by atoms with E-state index in [2.05, 4.69) is 20.8 Å². The van der Waals surface area contributed by atoms with E-state index >= 15 is 0 Å². The number of ether oxygens (including phenoxy) is 3. The second-order valence-corrected chi connectivity index (χ2v) is 8.09. The van der Waals surface area contributed by atoms with E-state index in [1.165, 1.54) is 25.7 Å². The molecule has 0 N–H and O–H groups in total. The lowest BCUT2D eigenvalue weighted by Crippen LogP contribution is -2.12. The Morgan fingerprint density at radius 3 is 1.77 bits per heavy atom. The van der Waals surface area contributed by atoms with E-state index in [1.54, 1.807) is 18.2 Å². The third-order valence-electron chi connectivity index (χ3n) is 5.10. The number of hydrogen-bond acceptors (Lipinski definition) is 5. The summed E-state index contributed by atoms with van der Waals surface area (Å²) in [5.41, 5.74) is 0. The first-order valence-corrected chi connectivity index (χ1v) is 12.3. The van der Waals surface area contributed by atoms with Crippen LogP contribution in [0.25, 0.3) is 0 Å². The molecular formula is C26H42O5. The van der Waals surface area contributed by atoms with Gasteiger partial charge in [0.15, 0.2) is 11.5 Å². The first kappa shape index (κ1) is 27.0. The number of hydrogen-bond donors (Lipinski definition) is 0. The van der Waals surface area contributed by atoms with Gasteiger partial charge in [-0.3, -0.25) is 9.59 Å². The molecule has 0 unspecified atom stereocenters. The second kappa shape index (κ2) is 17.6. The summed E-state index contributed by atoms with van der Waals surface area (Å²) in [7, 11) is 0. The number of benzene rings is 1. The maximum atomic E-state index is 12.2. The Morgan fingerprint density at radius 1 is 0.645 bits per heavy atom. The molecule has 1 rings (SSSR count). The van der Waals surface area contributed by atoms with E-state index in [4.69, 9.17) is 14.2 Å². The molecule has 0 saturated carbocycles. The summed E-state index contributed by atoms with van der Waals surface area (Å²) in [6, 6.07) is 5.08. The lowest BCUT2D eigenvalue weighted by atomic mass is 10.1. The second-order valence-electron chi connectivity index (χ2n) is 8.09. The van der Waals surface area contributed by atoms with E-state index < -0.39 is 0 Å². The topological polar surface area (TPSA) is 61.8 Å². The summed E-state index contributed by atoms with van der Waals surface area (Å²) in [6.45, 7) is 7.01. The highest BCUT2D eigenvalue weighted by Gasteiger charge is 2.15. The van der Waals surface area contributed by atoms with Crippen LogP contribution in [0.4, 0.5) is 0 Å². The van der Waals surface area contributed by atoms with Crippen molar-refractivity contribution in [3.05, 3.63) is 18.2 Å². The first-order chi connectivity index (χ1) is 15.1. The van der Waals surface area contributed by atoms with E-state index in [-0.39, 0.29) is 23.4 Å². The Hall–Kier alpha value is -2.04. The molecule has 1 aromatic carbocycles. The molecular weight excluding hydrogens is 392 g/mol. The van der Waals surface area contributed by atoms with Crippen molar-refractivity contribution >= 4 is 11.9 Å². The molecule has 0 atom stereocenters. The van der Waals surface area contributed by atoms with Crippen LogP contribution in [0, 0.1) is 0 Å². The van der Waals surface area contributed by atoms with Crippen molar-refractivity contribution < 1.29 is 23.8 Å². The van der Waals surface area contributed by atoms with Gasteiger partial charge in [0.1, 0.15) is 5.75 Å². The summed E-state index contributed by atoms with van der Waals surface area (Å²) < 4.78 is 16.9. The summed E-state index contributed by atoms with van der Waals surface area (Å²) in [5, 5.41) is 0. The molecule has 0 radical (unpaired) electrons. The van der Waals surface area contributed by atoms with Gasteiger partial charge in [0.2, 0.25) is 0 Å². The minimum atomic E-state index is -0.315. The van der Waals surface area contributed by atoms with E-state index in [0.717, 1.165) is 51.4 Å². The van der Waals surface area contributed by atoms with Crippen molar-refractivity contribution in [1.82, 2.24) is 0 Å². The van der Waals surface area contributed by atoms with Crippen LogP contribution in [0.3, 0.4) is 0 Å². The summed E-state index contributed by atoms with van der Waals surface area (Å²) >= 11 is 0. The standard InChI is InChI=1S/C26H42O5/c1-4-7-10-11-12-15-20-29-22-18-19-23(30-25(27)16-13-8-5-2)24(21-22)31-26(28)17-14-9-6-3/h18-19,21H,4-17,20H2,1-3H3. The van der Waals surface area contributed by atoms with Crippen molar-refractivity contribution in [3.63, 3.8) is 0 Å². The van der Waals surface area contributed by atoms with Gasteiger partial charge < -0.3 is 14.2 Å². The van der Waals surface area contributed by atoms with Crippen molar-refractivity contribution in [3.8, 4) is 17.2 Å². The van der Waals surface area contributed by atoms with Crippen LogP contribution in [-0.4, -0.2) is 18.5 Å². The highest BCUT2D eigenvalue weighted by atomic mass is 16.6. The van der Waals surface area contributed by atoms with E-state index in [1.807, 2.05) is 0 Å². The Bertz CT molecular complexity index is 626. The highest BCUT2D eigenvalue weighted by molar-refractivity contribution is 5.76. The van der Waals surface area contributed by atoms with Gasteiger partial charge in [-0.05, 0) is 31.4 Å². The van der Waals surface area contributed by atoms with Gasteiger partial charge in [0, 0.05) is 18.9 Å². The molecule has 0 aromatic heterocycles. The zero-order valence-electron chi connectivity index (χ0n) is 19.9. The van der Waals surface area contributed by atoms with Crippen LogP contribution in [0.15, 0.2) is 18.2 Å². The van der Waals surface area contributed by atoms with Gasteiger partial charge in [-0.1, -0.05) is 78.6 Å². The smallest absolute Gasteiger partial charge is 0.311 e. The van der Waals surface area contributed by atoms with E-state index in [9.17, 15) is 9.59 Å². The Labute approximate surface area is 188 Å². The number of carbonyl (C=O) groups is 2. The van der Waals surface area contributed by atoms with Gasteiger partial charge in [0.05, 0.1) is 6.61 Å². The summed E-state index contributed by atoms with van der Waals surface area (Å²) in [6.07, 6.45) is 13.5. The van der Waals surface area contributed by atoms with Crippen molar-refractivity contribution in [2.45, 2.75) is 111 Å². The maximum Gasteiger partial charge on any atom is 0.311 e. The highest BCUT2D eigenvalue weighted by Crippen LogP contribution is 2.32. The third-order valence-corrected chi connectivity index (χ3v) is 5.10. The quantitative estimate of drug-likeness (QED) is 0.137. The Balaban J connectivity index is 2.67. The van der Waals surface area contributed by atoms with Crippen LogP contribution in [0.2, 0.25) is 0 Å². The van der Waals surface area contributed by atoms with Gasteiger partial charge >= 0.3 is 11.9 Å². The van der Waals surface area contributed by atoms with Gasteiger partial charge in [0.25, 0.3) is 0 Å². The molecule has 0 aliphatic rings. The molecule has 0 spiro atoms. The van der Waals surface area contributed by atoms with Crippen LogP contribution in [0.5, 0.6) is 17.2 Å².